The monoisotopic (exact) mass is 344 g/mol. The zero-order valence-electron chi connectivity index (χ0n) is 14.3. The van der Waals surface area contributed by atoms with Crippen molar-refractivity contribution in [2.45, 2.75) is 18.4 Å². The molecule has 3 heteroatoms. The van der Waals surface area contributed by atoms with Crippen LogP contribution in [0, 0.1) is 0 Å². The largest absolute Gasteiger partial charge is 0.384 e. The van der Waals surface area contributed by atoms with Gasteiger partial charge in [-0.25, -0.2) is 0 Å². The number of aliphatic hydroxyl groups excluding tert-OH is 1. The minimum Gasteiger partial charge on any atom is -0.384 e. The van der Waals surface area contributed by atoms with Crippen molar-refractivity contribution in [1.29, 1.82) is 0 Å². The third-order valence-corrected chi connectivity index (χ3v) is 4.44. The molecule has 0 fully saturated rings. The quantitative estimate of drug-likeness (QED) is 0.651. The maximum Gasteiger partial charge on any atom is 0.191 e. The van der Waals surface area contributed by atoms with E-state index in [2.05, 4.69) is 0 Å². The van der Waals surface area contributed by atoms with E-state index in [-0.39, 0.29) is 18.0 Å². The Labute approximate surface area is 152 Å². The highest BCUT2D eigenvalue weighted by Crippen LogP contribution is 2.27. The van der Waals surface area contributed by atoms with E-state index in [4.69, 9.17) is 0 Å². The van der Waals surface area contributed by atoms with Crippen molar-refractivity contribution in [2.75, 3.05) is 0 Å². The second kappa shape index (κ2) is 8.37. The predicted octanol–water partition coefficient (Wildman–Crippen LogP) is 4.29. The number of Topliss-reactive ketones (excluding diaryl/α,β-unsaturated/α-hetero) is 2. The van der Waals surface area contributed by atoms with E-state index >= 15 is 0 Å². The highest BCUT2D eigenvalue weighted by molar-refractivity contribution is 6.01. The predicted molar refractivity (Wildman–Crippen MR) is 101 cm³/mol. The molecule has 3 nitrogen and oxygen atoms in total. The van der Waals surface area contributed by atoms with Crippen LogP contribution >= 0.6 is 0 Å². The smallest absolute Gasteiger partial charge is 0.191 e. The van der Waals surface area contributed by atoms with Crippen LogP contribution < -0.4 is 0 Å². The molecule has 0 amide bonds. The van der Waals surface area contributed by atoms with E-state index in [1.165, 1.54) is 0 Å². The molecule has 0 aromatic heterocycles. The molecule has 130 valence electrons. The van der Waals surface area contributed by atoms with Gasteiger partial charge in [-0.3, -0.25) is 9.59 Å². The molecule has 1 N–H and O–H groups in total. The van der Waals surface area contributed by atoms with Crippen LogP contribution in [0.25, 0.3) is 0 Å². The van der Waals surface area contributed by atoms with E-state index in [1.54, 1.807) is 48.5 Å². The van der Waals surface area contributed by atoms with E-state index in [1.807, 2.05) is 42.5 Å². The van der Waals surface area contributed by atoms with Crippen LogP contribution in [0.3, 0.4) is 0 Å². The maximum atomic E-state index is 12.7. The highest BCUT2D eigenvalue weighted by Gasteiger charge is 2.30. The lowest BCUT2D eigenvalue weighted by Gasteiger charge is -2.22. The molecule has 3 rings (SSSR count). The first-order valence-electron chi connectivity index (χ1n) is 8.57. The molecule has 0 aliphatic carbocycles. The number of benzene rings is 3. The van der Waals surface area contributed by atoms with Crippen LogP contribution in [0.5, 0.6) is 0 Å². The number of aliphatic hydroxyl groups is 1. The summed E-state index contributed by atoms with van der Waals surface area (Å²) >= 11 is 0. The van der Waals surface area contributed by atoms with Crippen molar-refractivity contribution in [3.8, 4) is 0 Å². The molecule has 0 saturated carbocycles. The summed E-state index contributed by atoms with van der Waals surface area (Å²) in [5.41, 5.74) is 1.79. The van der Waals surface area contributed by atoms with Gasteiger partial charge in [-0.05, 0) is 5.56 Å². The summed E-state index contributed by atoms with van der Waals surface area (Å²) in [6.07, 6.45) is -1.22. The third-order valence-electron chi connectivity index (χ3n) is 4.44. The van der Waals surface area contributed by atoms with E-state index in [9.17, 15) is 14.7 Å². The molecule has 26 heavy (non-hydrogen) atoms. The normalized spacial score (nSPS) is 13.0. The molecule has 0 saturated heterocycles. The highest BCUT2D eigenvalue weighted by atomic mass is 16.3. The van der Waals surface area contributed by atoms with Crippen LogP contribution in [0.2, 0.25) is 0 Å². The minimum absolute atomic E-state index is 0.0633. The number of hydrogen-bond donors (Lipinski definition) is 1. The number of hydrogen-bond acceptors (Lipinski definition) is 3. The summed E-state index contributed by atoms with van der Waals surface area (Å²) < 4.78 is 0. The summed E-state index contributed by atoms with van der Waals surface area (Å²) in [7, 11) is 0. The first-order chi connectivity index (χ1) is 12.7. The van der Waals surface area contributed by atoms with Gasteiger partial charge >= 0.3 is 0 Å². The lowest BCUT2D eigenvalue weighted by molar-refractivity contribution is 0.0666. The van der Waals surface area contributed by atoms with E-state index in [0.717, 1.165) is 5.56 Å². The Bertz CT molecular complexity index is 858. The minimum atomic E-state index is -1.28. The van der Waals surface area contributed by atoms with Gasteiger partial charge in [0, 0.05) is 23.5 Å². The van der Waals surface area contributed by atoms with Crippen molar-refractivity contribution >= 4 is 11.6 Å². The first-order valence-corrected chi connectivity index (χ1v) is 8.57. The molecule has 0 aliphatic heterocycles. The van der Waals surface area contributed by atoms with Gasteiger partial charge < -0.3 is 5.11 Å². The lowest BCUT2D eigenvalue weighted by Crippen LogP contribution is -2.30. The molecule has 0 heterocycles. The summed E-state index contributed by atoms with van der Waals surface area (Å²) in [6, 6.07) is 26.8. The Kier molecular flexibility index (Phi) is 5.72. The van der Waals surface area contributed by atoms with Gasteiger partial charge in [0.05, 0.1) is 0 Å². The average molecular weight is 344 g/mol. The summed E-state index contributed by atoms with van der Waals surface area (Å²) in [6.45, 7) is 0. The standard InChI is InChI=1S/C23H20O3/c24-21(18-12-6-2-7-13-18)16-20(17-10-4-1-5-11-17)23(26)22(25)19-14-8-3-9-15-19/h1-15,20,23,26H,16H2/t20-,23+/m0/s1. The summed E-state index contributed by atoms with van der Waals surface area (Å²) in [5.74, 6) is -1.07. The van der Waals surface area contributed by atoms with Crippen molar-refractivity contribution in [2.24, 2.45) is 0 Å². The number of carbonyl (C=O) groups is 2. The van der Waals surface area contributed by atoms with Gasteiger partial charge in [-0.2, -0.15) is 0 Å². The fourth-order valence-corrected chi connectivity index (χ4v) is 3.01. The molecule has 3 aromatic carbocycles. The van der Waals surface area contributed by atoms with Crippen molar-refractivity contribution < 1.29 is 14.7 Å². The second-order valence-corrected chi connectivity index (χ2v) is 6.19. The molecular formula is C23H20O3. The van der Waals surface area contributed by atoms with Gasteiger partial charge in [0.15, 0.2) is 11.6 Å². The number of ketones is 2. The SMILES string of the molecule is O=C(C[C@@H](c1ccccc1)[C@@H](O)C(=O)c1ccccc1)c1ccccc1. The van der Waals surface area contributed by atoms with Gasteiger partial charge in [-0.1, -0.05) is 91.0 Å². The molecule has 0 aliphatic rings. The topological polar surface area (TPSA) is 54.4 Å². The number of rotatable bonds is 7. The molecule has 2 atom stereocenters. The second-order valence-electron chi connectivity index (χ2n) is 6.19. The summed E-state index contributed by atoms with van der Waals surface area (Å²) in [5, 5.41) is 10.8. The van der Waals surface area contributed by atoms with Crippen LogP contribution in [0.4, 0.5) is 0 Å². The molecule has 0 spiro atoms. The fraction of sp³-hybridized carbons (Fsp3) is 0.130. The Morgan fingerprint density at radius 2 is 1.15 bits per heavy atom. The fourth-order valence-electron chi connectivity index (χ4n) is 3.01. The van der Waals surface area contributed by atoms with E-state index in [0.29, 0.717) is 11.1 Å². The van der Waals surface area contributed by atoms with E-state index < -0.39 is 12.0 Å². The van der Waals surface area contributed by atoms with Crippen molar-refractivity contribution in [3.05, 3.63) is 108 Å². The van der Waals surface area contributed by atoms with Gasteiger partial charge in [0.2, 0.25) is 0 Å². The Morgan fingerprint density at radius 3 is 1.69 bits per heavy atom. The zero-order valence-corrected chi connectivity index (χ0v) is 14.3. The number of carbonyl (C=O) groups excluding carboxylic acids is 2. The summed E-state index contributed by atoms with van der Waals surface area (Å²) in [4.78, 5) is 25.4. The van der Waals surface area contributed by atoms with Crippen LogP contribution in [0.15, 0.2) is 91.0 Å². The maximum absolute atomic E-state index is 12.7. The molecule has 3 aromatic rings. The molecule has 0 bridgehead atoms. The van der Waals surface area contributed by atoms with Crippen LogP contribution in [-0.2, 0) is 0 Å². The molecule has 0 unspecified atom stereocenters. The molecule has 0 radical (unpaired) electrons. The zero-order chi connectivity index (χ0) is 18.4. The Balaban J connectivity index is 1.89. The third kappa shape index (κ3) is 4.13. The van der Waals surface area contributed by atoms with Gasteiger partial charge in [-0.15, -0.1) is 0 Å². The lowest BCUT2D eigenvalue weighted by atomic mass is 9.84. The Hall–Kier alpha value is -3.04. The van der Waals surface area contributed by atoms with Gasteiger partial charge in [0.1, 0.15) is 6.10 Å². The average Bonchev–Trinajstić information content (AvgIpc) is 2.72. The van der Waals surface area contributed by atoms with Crippen molar-refractivity contribution in [1.82, 2.24) is 0 Å². The van der Waals surface area contributed by atoms with Crippen molar-refractivity contribution in [3.63, 3.8) is 0 Å². The molecular weight excluding hydrogens is 324 g/mol. The van der Waals surface area contributed by atoms with Gasteiger partial charge in [0.25, 0.3) is 0 Å². The van der Waals surface area contributed by atoms with Crippen LogP contribution in [0.1, 0.15) is 38.6 Å². The Morgan fingerprint density at radius 1 is 0.692 bits per heavy atom. The van der Waals surface area contributed by atoms with Crippen LogP contribution in [-0.4, -0.2) is 22.8 Å². The first kappa shape index (κ1) is 17.8.